The third kappa shape index (κ3) is 4.49. The zero-order valence-corrected chi connectivity index (χ0v) is 22.3. The number of hydrogen-bond acceptors (Lipinski definition) is 6. The van der Waals surface area contributed by atoms with E-state index in [0.29, 0.717) is 29.6 Å². The van der Waals surface area contributed by atoms with Crippen LogP contribution in [0.15, 0.2) is 83.8 Å². The molecule has 3 aliphatic rings. The molecule has 40 heavy (non-hydrogen) atoms. The number of halogens is 1. The predicted octanol–water partition coefficient (Wildman–Crippen LogP) is 5.53. The second-order valence-corrected chi connectivity index (χ2v) is 11.1. The lowest BCUT2D eigenvalue weighted by Gasteiger charge is -2.43. The average Bonchev–Trinajstić information content (AvgIpc) is 3.20. The maximum absolute atomic E-state index is 14.2. The van der Waals surface area contributed by atoms with Crippen molar-refractivity contribution in [3.05, 3.63) is 95.2 Å². The lowest BCUT2D eigenvalue weighted by molar-refractivity contribution is -0.123. The van der Waals surface area contributed by atoms with Crippen molar-refractivity contribution in [2.24, 2.45) is 23.7 Å². The van der Waals surface area contributed by atoms with Crippen LogP contribution >= 0.6 is 0 Å². The van der Waals surface area contributed by atoms with Crippen molar-refractivity contribution in [1.82, 2.24) is 0 Å². The quantitative estimate of drug-likeness (QED) is 0.291. The highest BCUT2D eigenvalue weighted by Gasteiger charge is 2.58. The van der Waals surface area contributed by atoms with Crippen LogP contribution in [0.4, 0.5) is 21.5 Å². The van der Waals surface area contributed by atoms with E-state index in [-0.39, 0.29) is 17.7 Å². The molecule has 0 bridgehead atoms. The van der Waals surface area contributed by atoms with Crippen molar-refractivity contribution < 1.29 is 28.8 Å². The number of hydrogen-bond donors (Lipinski definition) is 3. The summed E-state index contributed by atoms with van der Waals surface area (Å²) < 4.78 is 20.1. The lowest BCUT2D eigenvalue weighted by atomic mass is 9.54. The van der Waals surface area contributed by atoms with Gasteiger partial charge in [-0.1, -0.05) is 43.7 Å². The maximum Gasteiger partial charge on any atom is 0.487 e. The molecule has 9 heteroatoms. The third-order valence-corrected chi connectivity index (χ3v) is 8.38. The van der Waals surface area contributed by atoms with Gasteiger partial charge in [0.15, 0.2) is 11.6 Å². The molecule has 0 unspecified atom stereocenters. The monoisotopic (exact) mass is 540 g/mol. The number of allylic oxidation sites excluding steroid dienone is 2. The molecule has 2 fully saturated rings. The zero-order chi connectivity index (χ0) is 28.1. The molecular weight excluding hydrogens is 510 g/mol. The van der Waals surface area contributed by atoms with Crippen LogP contribution < -0.4 is 10.2 Å². The van der Waals surface area contributed by atoms with Crippen molar-refractivity contribution in [1.29, 1.82) is 0 Å². The lowest BCUT2D eigenvalue weighted by Crippen LogP contribution is -2.45. The van der Waals surface area contributed by atoms with Gasteiger partial charge in [-0.2, -0.15) is 0 Å². The van der Waals surface area contributed by atoms with E-state index in [2.05, 4.69) is 5.32 Å². The number of phenolic OH excluding ortho intramolecular Hbond substituents is 1. The summed E-state index contributed by atoms with van der Waals surface area (Å²) in [6.45, 7) is 4.01. The first-order chi connectivity index (χ1) is 19.2. The largest absolute Gasteiger partial charge is 0.505 e. The molecule has 204 valence electrons. The molecule has 2 heterocycles. The molecular formula is C31H30BFN2O5. The smallest absolute Gasteiger partial charge is 0.487 e. The molecule has 3 N–H and O–H groups in total. The minimum atomic E-state index is -1.28. The summed E-state index contributed by atoms with van der Waals surface area (Å²) >= 11 is 0. The van der Waals surface area contributed by atoms with Crippen LogP contribution in [0.1, 0.15) is 38.4 Å². The molecule has 2 saturated heterocycles. The summed E-state index contributed by atoms with van der Waals surface area (Å²) in [5.41, 5.74) is 4.30. The van der Waals surface area contributed by atoms with E-state index in [1.807, 2.05) is 56.3 Å². The number of aromatic hydroxyl groups is 1. The minimum Gasteiger partial charge on any atom is -0.505 e. The van der Waals surface area contributed by atoms with Crippen molar-refractivity contribution in [3.63, 3.8) is 0 Å². The molecule has 7 nitrogen and oxygen atoms in total. The Balaban J connectivity index is 1.31. The molecule has 3 aromatic carbocycles. The van der Waals surface area contributed by atoms with Crippen LogP contribution in [0.5, 0.6) is 5.75 Å². The van der Waals surface area contributed by atoms with Crippen LogP contribution in [0, 0.1) is 29.5 Å². The van der Waals surface area contributed by atoms with E-state index >= 15 is 0 Å². The summed E-state index contributed by atoms with van der Waals surface area (Å²) in [5, 5.41) is 24.1. The van der Waals surface area contributed by atoms with Crippen molar-refractivity contribution in [3.8, 4) is 5.75 Å². The summed E-state index contributed by atoms with van der Waals surface area (Å²) in [4.78, 5) is 29.0. The van der Waals surface area contributed by atoms with Crippen LogP contribution in [0.25, 0.3) is 0 Å². The van der Waals surface area contributed by atoms with Crippen LogP contribution in [-0.2, 0) is 14.2 Å². The highest BCUT2D eigenvalue weighted by Crippen LogP contribution is 2.53. The second kappa shape index (κ2) is 10.2. The highest BCUT2D eigenvalue weighted by atomic mass is 19.1. The number of benzene rings is 3. The molecule has 6 rings (SSSR count). The van der Waals surface area contributed by atoms with E-state index in [1.165, 1.54) is 17.0 Å². The van der Waals surface area contributed by atoms with E-state index in [9.17, 15) is 24.1 Å². The van der Waals surface area contributed by atoms with Gasteiger partial charge in [0.2, 0.25) is 11.8 Å². The first-order valence-electron chi connectivity index (χ1n) is 13.6. The Kier molecular flexibility index (Phi) is 6.72. The topological polar surface area (TPSA) is 99.1 Å². The molecule has 4 atom stereocenters. The van der Waals surface area contributed by atoms with Gasteiger partial charge in [-0.25, -0.2) is 4.39 Å². The normalized spacial score (nSPS) is 24.4. The van der Waals surface area contributed by atoms with Gasteiger partial charge in [-0.05, 0) is 84.2 Å². The number of amides is 2. The number of imide groups is 1. The van der Waals surface area contributed by atoms with Gasteiger partial charge in [0.1, 0.15) is 0 Å². The number of nitrogens with zero attached hydrogens (tertiary/aromatic N) is 1. The molecule has 0 radical (unpaired) electrons. The predicted molar refractivity (Wildman–Crippen MR) is 150 cm³/mol. The fourth-order valence-corrected chi connectivity index (χ4v) is 6.48. The number of rotatable bonds is 5. The number of fused-ring (bicyclic) bond motifs is 3. The van der Waals surface area contributed by atoms with Gasteiger partial charge in [0, 0.05) is 11.4 Å². The van der Waals surface area contributed by atoms with E-state index in [0.717, 1.165) is 16.9 Å². The highest BCUT2D eigenvalue weighted by molar-refractivity contribution is 6.53. The first kappa shape index (κ1) is 26.3. The van der Waals surface area contributed by atoms with Crippen LogP contribution in [0.3, 0.4) is 0 Å². The molecule has 0 spiro atoms. The zero-order valence-electron chi connectivity index (χ0n) is 22.3. The SMILES string of the molecule is CC(C)C1=C2B(O)O[C@H](c3ccc(O)c(F)c3)C[C@H]2[C@H]2C(=O)N(c3ccc(Nc4ccccc4)cc3)C(=O)[C@H]2C1. The fraction of sp³-hybridized carbons (Fsp3) is 0.290. The van der Waals surface area contributed by atoms with Gasteiger partial charge >= 0.3 is 7.12 Å². The summed E-state index contributed by atoms with van der Waals surface area (Å²) in [6, 6.07) is 20.9. The Hall–Kier alpha value is -3.95. The minimum absolute atomic E-state index is 0.0414. The number of para-hydroxylation sites is 1. The van der Waals surface area contributed by atoms with E-state index in [1.54, 1.807) is 18.2 Å². The van der Waals surface area contributed by atoms with E-state index < -0.39 is 42.5 Å². The number of carbonyl (C=O) groups excluding carboxylic acids is 2. The Morgan fingerprint density at radius 2 is 1.68 bits per heavy atom. The molecule has 0 aromatic heterocycles. The van der Waals surface area contributed by atoms with Crippen molar-refractivity contribution >= 4 is 36.0 Å². The second-order valence-electron chi connectivity index (χ2n) is 11.1. The van der Waals surface area contributed by atoms with Gasteiger partial charge in [-0.3, -0.25) is 14.5 Å². The molecule has 0 saturated carbocycles. The third-order valence-electron chi connectivity index (χ3n) is 8.38. The molecule has 3 aromatic rings. The Labute approximate surface area is 232 Å². The number of nitrogens with one attached hydrogen (secondary N) is 1. The maximum atomic E-state index is 14.2. The first-order valence-corrected chi connectivity index (χ1v) is 13.6. The van der Waals surface area contributed by atoms with Crippen LogP contribution in [0.2, 0.25) is 0 Å². The standard InChI is InChI=1S/C31H30BFN2O5/c1-17(2)22-15-24-28(23-16-27(40-32(39)29(22)23)18-8-13-26(36)25(33)14-18)31(38)35(30(24)37)21-11-9-20(10-12-21)34-19-6-4-3-5-7-19/h3-14,17,23-24,27-28,34,36,39H,15-16H2,1-2H3/t23-,24-,27-,28+/m0/s1. The number of phenols is 1. The van der Waals surface area contributed by atoms with Gasteiger partial charge < -0.3 is 20.1 Å². The Morgan fingerprint density at radius 1 is 0.975 bits per heavy atom. The molecule has 2 aliphatic heterocycles. The molecule has 2 amide bonds. The van der Waals surface area contributed by atoms with Crippen LogP contribution in [-0.4, -0.2) is 29.1 Å². The Bertz CT molecular complexity index is 1490. The van der Waals surface area contributed by atoms with Gasteiger partial charge in [0.05, 0.1) is 23.6 Å². The average molecular weight is 540 g/mol. The summed E-state index contributed by atoms with van der Waals surface area (Å²) in [6.07, 6.45) is -0.0194. The van der Waals surface area contributed by atoms with Gasteiger partial charge in [0.25, 0.3) is 0 Å². The summed E-state index contributed by atoms with van der Waals surface area (Å²) in [5.74, 6) is -3.42. The Morgan fingerprint density at radius 3 is 2.35 bits per heavy atom. The molecule has 1 aliphatic carbocycles. The van der Waals surface area contributed by atoms with E-state index in [4.69, 9.17) is 4.65 Å². The van der Waals surface area contributed by atoms with Gasteiger partial charge in [-0.15, -0.1) is 0 Å². The number of carbonyl (C=O) groups is 2. The van der Waals surface area contributed by atoms with Crippen molar-refractivity contribution in [2.75, 3.05) is 10.2 Å². The number of anilines is 3. The van der Waals surface area contributed by atoms with Crippen molar-refractivity contribution in [2.45, 2.75) is 32.8 Å². The fourth-order valence-electron chi connectivity index (χ4n) is 6.48. The summed E-state index contributed by atoms with van der Waals surface area (Å²) in [7, 11) is -1.28.